The van der Waals surface area contributed by atoms with Crippen molar-refractivity contribution in [3.05, 3.63) is 65.7 Å². The van der Waals surface area contributed by atoms with Crippen molar-refractivity contribution in [2.45, 2.75) is 12.7 Å². The molecule has 0 saturated heterocycles. The molecule has 10 heteroatoms. The van der Waals surface area contributed by atoms with Crippen molar-refractivity contribution >= 4 is 21.4 Å². The summed E-state index contributed by atoms with van der Waals surface area (Å²) >= 11 is 0. The molecule has 1 unspecified atom stereocenters. The highest BCUT2D eigenvalue weighted by Crippen LogP contribution is 2.33. The zero-order valence-electron chi connectivity index (χ0n) is 16.2. The number of rotatable bonds is 7. The van der Waals surface area contributed by atoms with Crippen LogP contribution in [0.15, 0.2) is 42.6 Å². The van der Waals surface area contributed by atoms with E-state index in [2.05, 4.69) is 15.3 Å². The van der Waals surface area contributed by atoms with Crippen LogP contribution in [-0.4, -0.2) is 27.0 Å². The smallest absolute Gasteiger partial charge is 0.215 e. The first-order chi connectivity index (χ1) is 14.2. The maximum absolute atomic E-state index is 14.4. The van der Waals surface area contributed by atoms with Crippen LogP contribution in [0.25, 0.3) is 11.1 Å². The molecule has 0 saturated carbocycles. The first kappa shape index (κ1) is 21.6. The Labute approximate surface area is 172 Å². The molecule has 0 spiro atoms. The van der Waals surface area contributed by atoms with E-state index < -0.39 is 27.3 Å². The van der Waals surface area contributed by atoms with Crippen LogP contribution in [0.5, 0.6) is 5.75 Å². The normalized spacial score (nSPS) is 13.0. The summed E-state index contributed by atoms with van der Waals surface area (Å²) in [4.78, 5) is 7.64. The van der Waals surface area contributed by atoms with E-state index in [1.54, 1.807) is 6.92 Å². The van der Waals surface area contributed by atoms with E-state index in [9.17, 15) is 17.4 Å². The third-order valence-electron chi connectivity index (χ3n) is 4.29. The Hall–Kier alpha value is -3.14. The van der Waals surface area contributed by atoms with Gasteiger partial charge >= 0.3 is 0 Å². The molecule has 3 aromatic rings. The highest BCUT2D eigenvalue weighted by atomic mass is 32.2. The lowest BCUT2D eigenvalue weighted by atomic mass is 10.0. The quantitative estimate of drug-likeness (QED) is 0.516. The minimum atomic E-state index is -2.87. The van der Waals surface area contributed by atoms with E-state index >= 15 is 0 Å². The topological polar surface area (TPSA) is 88.0 Å². The van der Waals surface area contributed by atoms with Gasteiger partial charge < -0.3 is 10.1 Å². The summed E-state index contributed by atoms with van der Waals surface area (Å²) < 4.78 is 66.7. The first-order valence-corrected chi connectivity index (χ1v) is 10.8. The molecule has 30 heavy (non-hydrogen) atoms. The van der Waals surface area contributed by atoms with Gasteiger partial charge in [0.1, 0.15) is 29.0 Å². The van der Waals surface area contributed by atoms with E-state index in [1.165, 1.54) is 31.4 Å². The standard InChI is InChI=1S/C20H19F3N4O2S/c1-3-30(24,28)11-12-6-18(23)26-20(7-12)27-19-9-15(16(22)10-25-19)14-5-4-13(21)8-17(14)29-2/h4-10,24H,3,11H2,1-2H3,(H,25,26,27). The number of benzene rings is 1. The largest absolute Gasteiger partial charge is 0.496 e. The third kappa shape index (κ3) is 5.07. The molecule has 3 rings (SSSR count). The van der Waals surface area contributed by atoms with E-state index in [1.807, 2.05) is 0 Å². The van der Waals surface area contributed by atoms with Gasteiger partial charge in [0.2, 0.25) is 5.95 Å². The molecule has 1 aromatic carbocycles. The molecule has 2 N–H and O–H groups in total. The lowest BCUT2D eigenvalue weighted by Gasteiger charge is -2.12. The number of pyridine rings is 2. The number of nitrogens with one attached hydrogen (secondary N) is 2. The number of methoxy groups -OCH3 is 1. The molecule has 0 aliphatic heterocycles. The SMILES string of the molecule is CCS(=N)(=O)Cc1cc(F)nc(Nc2cc(-c3ccc(F)cc3OC)c(F)cn2)c1. The van der Waals surface area contributed by atoms with E-state index in [-0.39, 0.29) is 34.5 Å². The second-order valence-electron chi connectivity index (χ2n) is 6.45. The summed E-state index contributed by atoms with van der Waals surface area (Å²) in [6, 6.07) is 7.62. The molecule has 2 aromatic heterocycles. The number of hydrogen-bond donors (Lipinski definition) is 2. The number of halogens is 3. The highest BCUT2D eigenvalue weighted by molar-refractivity contribution is 7.91. The second-order valence-corrected chi connectivity index (χ2v) is 8.94. The fourth-order valence-corrected chi connectivity index (χ4v) is 3.71. The molecular weight excluding hydrogens is 417 g/mol. The van der Waals surface area contributed by atoms with Crippen molar-refractivity contribution in [1.29, 1.82) is 4.78 Å². The number of nitrogens with zero attached hydrogens (tertiary/aromatic N) is 2. The zero-order chi connectivity index (χ0) is 21.9. The molecule has 1 atom stereocenters. The van der Waals surface area contributed by atoms with Crippen molar-refractivity contribution in [2.24, 2.45) is 0 Å². The molecule has 0 bridgehead atoms. The zero-order valence-corrected chi connectivity index (χ0v) is 17.0. The summed E-state index contributed by atoms with van der Waals surface area (Å²) in [6.07, 6.45) is 0.967. The average molecular weight is 436 g/mol. The molecule has 2 heterocycles. The molecule has 0 fully saturated rings. The lowest BCUT2D eigenvalue weighted by molar-refractivity contribution is 0.412. The van der Waals surface area contributed by atoms with Gasteiger partial charge in [-0.25, -0.2) is 23.0 Å². The Kier molecular flexibility index (Phi) is 6.25. The van der Waals surface area contributed by atoms with Crippen LogP contribution < -0.4 is 10.1 Å². The molecular formula is C20H19F3N4O2S. The highest BCUT2D eigenvalue weighted by Gasteiger charge is 2.15. The van der Waals surface area contributed by atoms with Crippen molar-refractivity contribution in [3.63, 3.8) is 0 Å². The number of aromatic nitrogens is 2. The Bertz CT molecular complexity index is 1190. The van der Waals surface area contributed by atoms with Crippen molar-refractivity contribution in [2.75, 3.05) is 18.2 Å². The Balaban J connectivity index is 1.96. The Morgan fingerprint density at radius 1 is 1.10 bits per heavy atom. The molecule has 0 radical (unpaired) electrons. The fraction of sp³-hybridized carbons (Fsp3) is 0.200. The minimum Gasteiger partial charge on any atom is -0.496 e. The summed E-state index contributed by atoms with van der Waals surface area (Å²) in [5.41, 5.74) is 0.752. The maximum atomic E-state index is 14.4. The van der Waals surface area contributed by atoms with Crippen LogP contribution >= 0.6 is 0 Å². The number of anilines is 2. The van der Waals surface area contributed by atoms with Crippen molar-refractivity contribution in [1.82, 2.24) is 9.97 Å². The molecule has 0 amide bonds. The van der Waals surface area contributed by atoms with Gasteiger partial charge in [-0.3, -0.25) is 4.78 Å². The predicted molar refractivity (Wildman–Crippen MR) is 109 cm³/mol. The van der Waals surface area contributed by atoms with Crippen molar-refractivity contribution < 1.29 is 22.1 Å². The van der Waals surface area contributed by atoms with Gasteiger partial charge in [-0.1, -0.05) is 6.92 Å². The lowest BCUT2D eigenvalue weighted by Crippen LogP contribution is -2.07. The van der Waals surface area contributed by atoms with Crippen LogP contribution in [0.4, 0.5) is 24.8 Å². The first-order valence-electron chi connectivity index (χ1n) is 8.88. The van der Waals surface area contributed by atoms with Gasteiger partial charge in [-0.15, -0.1) is 0 Å². The van der Waals surface area contributed by atoms with Crippen LogP contribution in [0.1, 0.15) is 12.5 Å². The van der Waals surface area contributed by atoms with Gasteiger partial charge in [0.15, 0.2) is 0 Å². The second kappa shape index (κ2) is 8.70. The van der Waals surface area contributed by atoms with E-state index in [0.29, 0.717) is 11.1 Å². The van der Waals surface area contributed by atoms with E-state index in [4.69, 9.17) is 9.52 Å². The predicted octanol–water partition coefficient (Wildman–Crippen LogP) is 4.88. The van der Waals surface area contributed by atoms with Crippen molar-refractivity contribution in [3.8, 4) is 16.9 Å². The summed E-state index contributed by atoms with van der Waals surface area (Å²) in [7, 11) is -1.53. The summed E-state index contributed by atoms with van der Waals surface area (Å²) in [5.74, 6) is -1.62. The van der Waals surface area contributed by atoms with Crippen LogP contribution in [0.3, 0.4) is 0 Å². The Morgan fingerprint density at radius 2 is 1.87 bits per heavy atom. The molecule has 0 aliphatic rings. The van der Waals surface area contributed by atoms with E-state index in [0.717, 1.165) is 18.3 Å². The van der Waals surface area contributed by atoms with Gasteiger partial charge in [-0.2, -0.15) is 4.39 Å². The third-order valence-corrected chi connectivity index (χ3v) is 6.02. The van der Waals surface area contributed by atoms with Crippen LogP contribution in [-0.2, 0) is 15.5 Å². The van der Waals surface area contributed by atoms with Gasteiger partial charge in [0.05, 0.1) is 19.1 Å². The number of hydrogen-bond acceptors (Lipinski definition) is 6. The van der Waals surface area contributed by atoms with Crippen LogP contribution in [0, 0.1) is 22.4 Å². The van der Waals surface area contributed by atoms with Gasteiger partial charge in [-0.05, 0) is 35.9 Å². The molecule has 158 valence electrons. The minimum absolute atomic E-state index is 0.0624. The summed E-state index contributed by atoms with van der Waals surface area (Å²) in [5, 5.41) is 2.78. The maximum Gasteiger partial charge on any atom is 0.215 e. The summed E-state index contributed by atoms with van der Waals surface area (Å²) in [6.45, 7) is 1.62. The molecule has 6 nitrogen and oxygen atoms in total. The fourth-order valence-electron chi connectivity index (χ4n) is 2.80. The number of ether oxygens (including phenoxy) is 1. The average Bonchev–Trinajstić information content (AvgIpc) is 2.68. The van der Waals surface area contributed by atoms with Crippen LogP contribution in [0.2, 0.25) is 0 Å². The Morgan fingerprint density at radius 3 is 2.57 bits per heavy atom. The molecule has 0 aliphatic carbocycles. The van der Waals surface area contributed by atoms with Gasteiger partial charge in [0, 0.05) is 32.7 Å². The monoisotopic (exact) mass is 436 g/mol. The van der Waals surface area contributed by atoms with Gasteiger partial charge in [0.25, 0.3) is 0 Å².